The highest BCUT2D eigenvalue weighted by Crippen LogP contribution is 2.51. The Morgan fingerprint density at radius 3 is 2.48 bits per heavy atom. The molecule has 0 unspecified atom stereocenters. The van der Waals surface area contributed by atoms with E-state index in [-0.39, 0.29) is 26.9 Å². The zero-order valence-corrected chi connectivity index (χ0v) is 17.4. The summed E-state index contributed by atoms with van der Waals surface area (Å²) in [5, 5.41) is 6.30. The van der Waals surface area contributed by atoms with Crippen molar-refractivity contribution in [3.05, 3.63) is 61.7 Å². The van der Waals surface area contributed by atoms with Crippen LogP contribution in [0.4, 0.5) is 5.69 Å². The average molecular weight is 426 g/mol. The van der Waals surface area contributed by atoms with E-state index in [1.807, 2.05) is 0 Å². The molecule has 2 aromatic rings. The Hall–Kier alpha value is -1.96. The van der Waals surface area contributed by atoms with E-state index in [2.05, 4.69) is 15.5 Å². The number of nitrogens with zero attached hydrogens (tertiary/aromatic N) is 2. The van der Waals surface area contributed by atoms with Gasteiger partial charge in [-0.1, -0.05) is 35.3 Å². The van der Waals surface area contributed by atoms with Crippen molar-refractivity contribution in [2.75, 3.05) is 12.4 Å². The largest absolute Gasteiger partial charge is 0.386 e. The molecule has 0 amide bonds. The fourth-order valence-electron chi connectivity index (χ4n) is 3.17. The molecule has 0 radical (unpaired) electrons. The van der Waals surface area contributed by atoms with Crippen LogP contribution in [0.5, 0.6) is 0 Å². The van der Waals surface area contributed by atoms with E-state index in [0.29, 0.717) is 16.3 Å². The number of pyridine rings is 1. The summed E-state index contributed by atoms with van der Waals surface area (Å²) in [6, 6.07) is 4.70. The van der Waals surface area contributed by atoms with Crippen molar-refractivity contribution in [1.29, 1.82) is 0 Å². The molecule has 2 heterocycles. The molecule has 0 saturated heterocycles. The van der Waals surface area contributed by atoms with Gasteiger partial charge < -0.3 is 5.32 Å². The minimum Gasteiger partial charge on any atom is -0.386 e. The van der Waals surface area contributed by atoms with E-state index >= 15 is 0 Å². The minimum atomic E-state index is -4.02. The summed E-state index contributed by atoms with van der Waals surface area (Å²) in [4.78, 5) is 15.8. The lowest BCUT2D eigenvalue weighted by Gasteiger charge is -2.33. The van der Waals surface area contributed by atoms with Crippen molar-refractivity contribution in [3.8, 4) is 0 Å². The van der Waals surface area contributed by atoms with Gasteiger partial charge in [-0.15, -0.1) is 4.91 Å². The van der Waals surface area contributed by atoms with Crippen LogP contribution in [0.3, 0.4) is 0 Å². The van der Waals surface area contributed by atoms with Crippen molar-refractivity contribution >= 4 is 49.3 Å². The number of aryl methyl sites for hydroxylation is 1. The van der Waals surface area contributed by atoms with Crippen molar-refractivity contribution in [3.63, 3.8) is 0 Å². The maximum atomic E-state index is 13.5. The Kier molecular flexibility index (Phi) is 4.82. The van der Waals surface area contributed by atoms with Gasteiger partial charge in [0.25, 0.3) is 0 Å². The van der Waals surface area contributed by atoms with Crippen LogP contribution >= 0.6 is 23.2 Å². The van der Waals surface area contributed by atoms with Gasteiger partial charge in [0.1, 0.15) is 4.91 Å². The second-order valence-electron chi connectivity index (χ2n) is 6.73. The summed E-state index contributed by atoms with van der Waals surface area (Å²) in [7, 11) is -2.40. The Bertz CT molecular complexity index is 1110. The standard InChI is InChI=1S/C18H17Cl2N3O3S/c1-9-7-11-14(22-8-9)16(23-24)17(27(25,26)18(11,2)3)10-5-6-12(19)15(21-4)13(10)20/h5-8,21H,1-4H3. The molecule has 1 aromatic carbocycles. The molecular weight excluding hydrogens is 409 g/mol. The third-order valence-electron chi connectivity index (χ3n) is 4.73. The first-order chi connectivity index (χ1) is 12.6. The lowest BCUT2D eigenvalue weighted by molar-refractivity contribution is 0.563. The van der Waals surface area contributed by atoms with Crippen LogP contribution in [0.1, 0.15) is 36.2 Å². The van der Waals surface area contributed by atoms with Crippen LogP contribution in [-0.2, 0) is 14.6 Å². The molecule has 0 saturated carbocycles. The van der Waals surface area contributed by atoms with Crippen molar-refractivity contribution in [2.45, 2.75) is 25.5 Å². The van der Waals surface area contributed by atoms with Crippen LogP contribution in [0.15, 0.2) is 29.6 Å². The van der Waals surface area contributed by atoms with Crippen LogP contribution in [0, 0.1) is 11.8 Å². The summed E-state index contributed by atoms with van der Waals surface area (Å²) < 4.78 is 25.7. The van der Waals surface area contributed by atoms with Gasteiger partial charge in [-0.05, 0) is 37.6 Å². The Balaban J connectivity index is 2.51. The van der Waals surface area contributed by atoms with E-state index < -0.39 is 14.6 Å². The van der Waals surface area contributed by atoms with Crippen LogP contribution in [0.2, 0.25) is 10.0 Å². The Morgan fingerprint density at radius 2 is 1.89 bits per heavy atom. The molecule has 0 aliphatic carbocycles. The fraction of sp³-hybridized carbons (Fsp3) is 0.278. The maximum Gasteiger partial charge on any atom is 0.190 e. The van der Waals surface area contributed by atoms with Gasteiger partial charge in [-0.3, -0.25) is 4.98 Å². The molecule has 1 N–H and O–H groups in total. The number of nitrogens with one attached hydrogen (secondary N) is 1. The van der Waals surface area contributed by atoms with Gasteiger partial charge in [0, 0.05) is 24.4 Å². The number of aromatic nitrogens is 1. The van der Waals surface area contributed by atoms with Crippen molar-refractivity contribution in [2.24, 2.45) is 5.18 Å². The lowest BCUT2D eigenvalue weighted by atomic mass is 9.96. The number of anilines is 1. The van der Waals surface area contributed by atoms with Gasteiger partial charge in [-0.25, -0.2) is 8.42 Å². The van der Waals surface area contributed by atoms with Crippen LogP contribution < -0.4 is 5.32 Å². The Labute approximate surface area is 167 Å². The summed E-state index contributed by atoms with van der Waals surface area (Å²) in [5.41, 5.74) is 1.72. The molecular formula is C18H17Cl2N3O3S. The number of fused-ring (bicyclic) bond motifs is 1. The second-order valence-corrected chi connectivity index (χ2v) is 9.95. The number of benzene rings is 1. The molecule has 142 valence electrons. The first-order valence-electron chi connectivity index (χ1n) is 8.03. The van der Waals surface area contributed by atoms with Gasteiger partial charge in [0.15, 0.2) is 15.5 Å². The molecule has 1 aromatic heterocycles. The lowest BCUT2D eigenvalue weighted by Crippen LogP contribution is -2.35. The summed E-state index contributed by atoms with van der Waals surface area (Å²) in [6.07, 6.45) is 1.57. The average Bonchev–Trinajstić information content (AvgIpc) is 2.60. The number of hydrogen-bond donors (Lipinski definition) is 1. The van der Waals surface area contributed by atoms with Crippen LogP contribution in [0.25, 0.3) is 10.6 Å². The fourth-order valence-corrected chi connectivity index (χ4v) is 5.68. The molecule has 9 heteroatoms. The molecule has 1 aliphatic rings. The molecule has 0 atom stereocenters. The molecule has 3 rings (SSSR count). The van der Waals surface area contributed by atoms with Crippen molar-refractivity contribution < 1.29 is 8.42 Å². The molecule has 27 heavy (non-hydrogen) atoms. The topological polar surface area (TPSA) is 88.5 Å². The van der Waals surface area contributed by atoms with Crippen LogP contribution in [-0.4, -0.2) is 20.4 Å². The van der Waals surface area contributed by atoms with Gasteiger partial charge in [-0.2, -0.15) is 0 Å². The normalized spacial score (nSPS) is 17.4. The molecule has 0 fully saturated rings. The highest BCUT2D eigenvalue weighted by atomic mass is 35.5. The minimum absolute atomic E-state index is 0.0936. The van der Waals surface area contributed by atoms with Gasteiger partial charge in [0.05, 0.1) is 26.2 Å². The van der Waals surface area contributed by atoms with Crippen molar-refractivity contribution in [1.82, 2.24) is 4.98 Å². The quantitative estimate of drug-likeness (QED) is 0.699. The summed E-state index contributed by atoms with van der Waals surface area (Å²) in [6.45, 7) is 4.96. The number of sulfone groups is 1. The van der Waals surface area contributed by atoms with E-state index in [0.717, 1.165) is 5.56 Å². The second kappa shape index (κ2) is 6.58. The monoisotopic (exact) mass is 425 g/mol. The number of hydrogen-bond acceptors (Lipinski definition) is 6. The van der Waals surface area contributed by atoms with Gasteiger partial charge >= 0.3 is 0 Å². The van der Waals surface area contributed by atoms with E-state index in [9.17, 15) is 13.3 Å². The summed E-state index contributed by atoms with van der Waals surface area (Å²) >= 11 is 12.6. The SMILES string of the molecule is CNc1c(Cl)ccc(C2=C(N=O)c3ncc(C)cc3C(C)(C)S2(=O)=O)c1Cl. The zero-order valence-electron chi connectivity index (χ0n) is 15.1. The van der Waals surface area contributed by atoms with Gasteiger partial charge in [0.2, 0.25) is 0 Å². The molecule has 6 nitrogen and oxygen atoms in total. The first kappa shape index (κ1) is 19.8. The predicted octanol–water partition coefficient (Wildman–Crippen LogP) is 4.99. The molecule has 1 aliphatic heterocycles. The van der Waals surface area contributed by atoms with E-state index in [1.54, 1.807) is 40.1 Å². The third-order valence-corrected chi connectivity index (χ3v) is 7.95. The first-order valence-corrected chi connectivity index (χ1v) is 10.3. The van der Waals surface area contributed by atoms with E-state index in [1.165, 1.54) is 12.1 Å². The van der Waals surface area contributed by atoms with E-state index in [4.69, 9.17) is 23.2 Å². The maximum absolute atomic E-state index is 13.5. The smallest absolute Gasteiger partial charge is 0.190 e. The highest BCUT2D eigenvalue weighted by molar-refractivity contribution is 8.01. The predicted molar refractivity (Wildman–Crippen MR) is 110 cm³/mol. The number of halogens is 2. The number of rotatable bonds is 3. The highest BCUT2D eigenvalue weighted by Gasteiger charge is 2.48. The summed E-state index contributed by atoms with van der Waals surface area (Å²) in [5.74, 6) is 0. The molecule has 0 spiro atoms. The third kappa shape index (κ3) is 2.76. The Morgan fingerprint density at radius 1 is 1.22 bits per heavy atom. The zero-order chi connectivity index (χ0) is 20.1. The molecule has 0 bridgehead atoms. The number of nitroso groups, excluding NO2 is 1.